The molecule has 1 nitrogen and oxygen atoms in total. The Bertz CT molecular complexity index is 1110. The van der Waals surface area contributed by atoms with Crippen LogP contribution in [0.15, 0.2) is 66.8 Å². The van der Waals surface area contributed by atoms with E-state index in [1.54, 1.807) is 0 Å². The second-order valence-corrected chi connectivity index (χ2v) is 10.1. The molecule has 1 saturated carbocycles. The van der Waals surface area contributed by atoms with Crippen molar-refractivity contribution in [1.82, 2.24) is 4.57 Å². The van der Waals surface area contributed by atoms with Gasteiger partial charge in [0.1, 0.15) is 0 Å². The molecule has 1 atom stereocenters. The average Bonchev–Trinajstić information content (AvgIpc) is 2.84. The van der Waals surface area contributed by atoms with E-state index in [2.05, 4.69) is 104 Å². The molecule has 1 heterocycles. The van der Waals surface area contributed by atoms with Gasteiger partial charge < -0.3 is 4.57 Å². The molecule has 0 aliphatic heterocycles. The summed E-state index contributed by atoms with van der Waals surface area (Å²) in [7, 11) is 0. The molecule has 1 fully saturated rings. The maximum absolute atomic E-state index is 2.49. The van der Waals surface area contributed by atoms with Crippen molar-refractivity contribution in [3.05, 3.63) is 78.1 Å². The lowest BCUT2D eigenvalue weighted by Gasteiger charge is -2.35. The number of hydrogen-bond acceptors (Lipinski definition) is 0. The van der Waals surface area contributed by atoms with E-state index in [-0.39, 0.29) is 10.8 Å². The van der Waals surface area contributed by atoms with Gasteiger partial charge in [-0.2, -0.15) is 0 Å². The summed E-state index contributed by atoms with van der Waals surface area (Å²) >= 11 is 0. The summed E-state index contributed by atoms with van der Waals surface area (Å²) in [6, 6.07) is 8.84. The van der Waals surface area contributed by atoms with E-state index in [4.69, 9.17) is 0 Å². The molecule has 0 bridgehead atoms. The van der Waals surface area contributed by atoms with Crippen molar-refractivity contribution in [1.29, 1.82) is 0 Å². The molecular formula is C29H33N. The largest absolute Gasteiger partial charge is 0.309 e. The van der Waals surface area contributed by atoms with E-state index >= 15 is 0 Å². The van der Waals surface area contributed by atoms with Crippen LogP contribution < -0.4 is 0 Å². The van der Waals surface area contributed by atoms with Gasteiger partial charge in [-0.3, -0.25) is 0 Å². The lowest BCUT2D eigenvalue weighted by atomic mass is 9.69. The number of rotatable bonds is 2. The Balaban J connectivity index is 1.66. The third kappa shape index (κ3) is 3.35. The van der Waals surface area contributed by atoms with E-state index < -0.39 is 0 Å². The number of hydrogen-bond donors (Lipinski definition) is 0. The third-order valence-electron chi connectivity index (χ3n) is 7.38. The zero-order valence-corrected chi connectivity index (χ0v) is 18.6. The van der Waals surface area contributed by atoms with Crippen molar-refractivity contribution in [2.24, 2.45) is 16.7 Å². The Morgan fingerprint density at radius 3 is 2.43 bits per heavy atom. The van der Waals surface area contributed by atoms with Crippen LogP contribution in [-0.2, 0) is 0 Å². The molecule has 0 N–H and O–H groups in total. The molecule has 0 radical (unpaired) electrons. The van der Waals surface area contributed by atoms with E-state index in [0.717, 1.165) is 5.92 Å². The fourth-order valence-electron chi connectivity index (χ4n) is 5.43. The second-order valence-electron chi connectivity index (χ2n) is 10.1. The molecule has 3 aliphatic carbocycles. The van der Waals surface area contributed by atoms with E-state index in [1.165, 1.54) is 60.0 Å². The first-order valence-corrected chi connectivity index (χ1v) is 11.6. The highest BCUT2D eigenvalue weighted by Crippen LogP contribution is 2.44. The summed E-state index contributed by atoms with van der Waals surface area (Å²) in [5.41, 5.74) is 5.38. The van der Waals surface area contributed by atoms with E-state index in [1.807, 2.05) is 0 Å². The van der Waals surface area contributed by atoms with Gasteiger partial charge in [-0.15, -0.1) is 0 Å². The summed E-state index contributed by atoms with van der Waals surface area (Å²) in [5.74, 6) is 0.753. The van der Waals surface area contributed by atoms with Crippen molar-refractivity contribution >= 4 is 28.8 Å². The van der Waals surface area contributed by atoms with Gasteiger partial charge in [0.25, 0.3) is 0 Å². The Kier molecular flexibility index (Phi) is 4.73. The minimum absolute atomic E-state index is 0.0768. The predicted molar refractivity (Wildman–Crippen MR) is 131 cm³/mol. The minimum atomic E-state index is 0.0768. The number of fused-ring (bicyclic) bond motifs is 3. The van der Waals surface area contributed by atoms with Gasteiger partial charge in [0, 0.05) is 27.5 Å². The Morgan fingerprint density at radius 1 is 0.833 bits per heavy atom. The van der Waals surface area contributed by atoms with E-state index in [9.17, 15) is 0 Å². The molecule has 5 rings (SSSR count). The monoisotopic (exact) mass is 395 g/mol. The molecule has 3 aliphatic rings. The van der Waals surface area contributed by atoms with Crippen LogP contribution in [-0.4, -0.2) is 4.57 Å². The highest BCUT2D eigenvalue weighted by Gasteiger charge is 2.32. The molecule has 30 heavy (non-hydrogen) atoms. The number of para-hydroxylation sites is 1. The van der Waals surface area contributed by atoms with Gasteiger partial charge in [-0.1, -0.05) is 94.7 Å². The second kappa shape index (κ2) is 7.30. The zero-order valence-electron chi connectivity index (χ0n) is 18.6. The molecule has 154 valence electrons. The van der Waals surface area contributed by atoms with Crippen LogP contribution in [0.25, 0.3) is 28.8 Å². The van der Waals surface area contributed by atoms with Crippen LogP contribution in [0.4, 0.5) is 0 Å². The molecular weight excluding hydrogens is 362 g/mol. The lowest BCUT2D eigenvalue weighted by Crippen LogP contribution is -2.25. The summed E-state index contributed by atoms with van der Waals surface area (Å²) < 4.78 is 2.44. The predicted octanol–water partition coefficient (Wildman–Crippen LogP) is 8.26. The summed E-state index contributed by atoms with van der Waals surface area (Å²) in [5, 5.41) is 1.34. The molecule has 1 aromatic carbocycles. The molecule has 1 unspecified atom stereocenters. The Hall–Kier alpha value is -2.54. The highest BCUT2D eigenvalue weighted by molar-refractivity contribution is 5.97. The quantitative estimate of drug-likeness (QED) is 0.482. The first-order valence-electron chi connectivity index (χ1n) is 11.6. The van der Waals surface area contributed by atoms with Crippen LogP contribution in [0, 0.1) is 16.7 Å². The van der Waals surface area contributed by atoms with Crippen LogP contribution >= 0.6 is 0 Å². The van der Waals surface area contributed by atoms with Crippen LogP contribution in [0.2, 0.25) is 0 Å². The molecule has 0 spiro atoms. The van der Waals surface area contributed by atoms with Gasteiger partial charge >= 0.3 is 0 Å². The average molecular weight is 396 g/mol. The first kappa shape index (κ1) is 19.4. The first-order chi connectivity index (χ1) is 14.5. The SMILES string of the molecule is CC1(C)C=CC=C(n2c3c(c4ccccc42)C=CC(C)(C2CCCCC2)C=C3)C=C1. The molecule has 2 aromatic rings. The summed E-state index contributed by atoms with van der Waals surface area (Å²) in [4.78, 5) is 0. The maximum atomic E-state index is 2.49. The number of benzene rings is 1. The third-order valence-corrected chi connectivity index (χ3v) is 7.38. The lowest BCUT2D eigenvalue weighted by molar-refractivity contribution is 0.240. The van der Waals surface area contributed by atoms with Gasteiger partial charge in [-0.25, -0.2) is 0 Å². The summed E-state index contributed by atoms with van der Waals surface area (Å²) in [6.45, 7) is 6.94. The number of allylic oxidation sites excluding steroid dienone is 8. The van der Waals surface area contributed by atoms with Crippen molar-refractivity contribution in [3.63, 3.8) is 0 Å². The Morgan fingerprint density at radius 2 is 1.60 bits per heavy atom. The smallest absolute Gasteiger partial charge is 0.0541 e. The standard InChI is InChI=1S/C29H33N/c1-28(2)18-9-12-23(15-19-28)30-26-14-8-7-13-24(26)25-16-20-29(3,21-17-27(25)30)22-10-5-4-6-11-22/h7-9,12-22H,4-6,10-11H2,1-3H3. The topological polar surface area (TPSA) is 4.93 Å². The van der Waals surface area contributed by atoms with Crippen molar-refractivity contribution < 1.29 is 0 Å². The van der Waals surface area contributed by atoms with Crippen LogP contribution in [0.1, 0.15) is 64.1 Å². The highest BCUT2D eigenvalue weighted by atomic mass is 15.0. The molecule has 0 saturated heterocycles. The fourth-order valence-corrected chi connectivity index (χ4v) is 5.43. The van der Waals surface area contributed by atoms with Crippen LogP contribution in [0.5, 0.6) is 0 Å². The normalized spacial score (nSPS) is 25.8. The van der Waals surface area contributed by atoms with Crippen LogP contribution in [0.3, 0.4) is 0 Å². The molecule has 0 amide bonds. The number of nitrogens with zero attached hydrogens (tertiary/aromatic N) is 1. The molecule has 1 heteroatoms. The van der Waals surface area contributed by atoms with Crippen molar-refractivity contribution in [2.75, 3.05) is 0 Å². The Labute approximate surface area is 181 Å². The minimum Gasteiger partial charge on any atom is -0.309 e. The van der Waals surface area contributed by atoms with Crippen molar-refractivity contribution in [2.45, 2.75) is 52.9 Å². The van der Waals surface area contributed by atoms with E-state index in [0.29, 0.717) is 0 Å². The van der Waals surface area contributed by atoms with Gasteiger partial charge in [0.15, 0.2) is 0 Å². The van der Waals surface area contributed by atoms with Gasteiger partial charge in [0.05, 0.1) is 11.2 Å². The van der Waals surface area contributed by atoms with Crippen molar-refractivity contribution in [3.8, 4) is 0 Å². The van der Waals surface area contributed by atoms with Gasteiger partial charge in [-0.05, 0) is 43.1 Å². The van der Waals surface area contributed by atoms with Gasteiger partial charge in [0.2, 0.25) is 0 Å². The number of aromatic nitrogens is 1. The zero-order chi connectivity index (χ0) is 20.8. The summed E-state index contributed by atoms with van der Waals surface area (Å²) in [6.07, 6.45) is 28.0. The molecule has 1 aromatic heterocycles. The fraction of sp³-hybridized carbons (Fsp3) is 0.379. The maximum Gasteiger partial charge on any atom is 0.0541 e.